The molecule has 3 aromatic rings. The second-order valence-corrected chi connectivity index (χ2v) is 6.36. The van der Waals surface area contributed by atoms with Crippen LogP contribution in [-0.2, 0) is 0 Å². The Kier molecular flexibility index (Phi) is 4.26. The van der Waals surface area contributed by atoms with Crippen molar-refractivity contribution in [3.8, 4) is 11.1 Å². The average molecular weight is 325 g/mol. The van der Waals surface area contributed by atoms with Gasteiger partial charge in [-0.3, -0.25) is 4.79 Å². The zero-order chi connectivity index (χ0) is 16.4. The van der Waals surface area contributed by atoms with Crippen LogP contribution in [0.15, 0.2) is 53.9 Å². The van der Waals surface area contributed by atoms with E-state index in [9.17, 15) is 9.18 Å². The van der Waals surface area contributed by atoms with Crippen LogP contribution in [0.5, 0.6) is 0 Å². The van der Waals surface area contributed by atoms with Crippen molar-refractivity contribution in [3.05, 3.63) is 75.7 Å². The first-order valence-corrected chi connectivity index (χ1v) is 8.14. The van der Waals surface area contributed by atoms with Crippen LogP contribution in [0.1, 0.15) is 20.8 Å². The molecule has 0 atom stereocenters. The van der Waals surface area contributed by atoms with Gasteiger partial charge < -0.3 is 5.32 Å². The molecule has 2 aromatic carbocycles. The number of benzene rings is 2. The van der Waals surface area contributed by atoms with E-state index >= 15 is 0 Å². The first-order chi connectivity index (χ1) is 11.0. The predicted molar refractivity (Wildman–Crippen MR) is 93.6 cm³/mol. The smallest absolute Gasteiger partial charge is 0.266 e. The number of carbonyl (C=O) groups excluding carboxylic acids is 1. The molecule has 2 nitrogen and oxygen atoms in total. The summed E-state index contributed by atoms with van der Waals surface area (Å²) >= 11 is 1.38. The van der Waals surface area contributed by atoms with Gasteiger partial charge >= 0.3 is 0 Å². The number of hydrogen-bond donors (Lipinski definition) is 1. The summed E-state index contributed by atoms with van der Waals surface area (Å²) in [5.74, 6) is -0.549. The zero-order valence-corrected chi connectivity index (χ0v) is 13.7. The van der Waals surface area contributed by atoms with Gasteiger partial charge in [-0.05, 0) is 48.6 Å². The highest BCUT2D eigenvalue weighted by molar-refractivity contribution is 7.12. The van der Waals surface area contributed by atoms with Crippen molar-refractivity contribution in [2.45, 2.75) is 13.8 Å². The molecule has 0 saturated heterocycles. The number of anilines is 1. The minimum atomic E-state index is -0.326. The maximum Gasteiger partial charge on any atom is 0.266 e. The van der Waals surface area contributed by atoms with Crippen molar-refractivity contribution in [3.63, 3.8) is 0 Å². The summed E-state index contributed by atoms with van der Waals surface area (Å²) in [7, 11) is 0. The molecule has 0 radical (unpaired) electrons. The Morgan fingerprint density at radius 2 is 1.78 bits per heavy atom. The number of carbonyl (C=O) groups is 1. The second kappa shape index (κ2) is 6.34. The lowest BCUT2D eigenvalue weighted by atomic mass is 10.0. The Balaban J connectivity index is 1.87. The molecule has 0 bridgehead atoms. The third-order valence-electron chi connectivity index (χ3n) is 3.66. The molecule has 1 aromatic heterocycles. The van der Waals surface area contributed by atoms with E-state index < -0.39 is 0 Å². The first kappa shape index (κ1) is 15.4. The van der Waals surface area contributed by atoms with Crippen molar-refractivity contribution < 1.29 is 9.18 Å². The summed E-state index contributed by atoms with van der Waals surface area (Å²) in [5, 5.41) is 4.65. The maximum absolute atomic E-state index is 13.6. The van der Waals surface area contributed by atoms with E-state index in [0.29, 0.717) is 16.1 Å². The van der Waals surface area contributed by atoms with Crippen LogP contribution in [0.3, 0.4) is 0 Å². The third-order valence-corrected chi connectivity index (χ3v) is 4.58. The minimum Gasteiger partial charge on any atom is -0.321 e. The summed E-state index contributed by atoms with van der Waals surface area (Å²) < 4.78 is 13.6. The quantitative estimate of drug-likeness (QED) is 0.684. The van der Waals surface area contributed by atoms with Crippen LogP contribution >= 0.6 is 11.3 Å². The Hall–Kier alpha value is -2.46. The lowest BCUT2D eigenvalue weighted by Gasteiger charge is -2.08. The van der Waals surface area contributed by atoms with E-state index in [0.717, 1.165) is 11.1 Å². The topological polar surface area (TPSA) is 29.1 Å². The van der Waals surface area contributed by atoms with Gasteiger partial charge in [0.2, 0.25) is 0 Å². The lowest BCUT2D eigenvalue weighted by molar-refractivity contribution is 0.103. The van der Waals surface area contributed by atoms with Crippen molar-refractivity contribution in [1.29, 1.82) is 0 Å². The molecule has 0 saturated carbocycles. The van der Waals surface area contributed by atoms with Crippen molar-refractivity contribution in [2.75, 3.05) is 5.32 Å². The summed E-state index contributed by atoms with van der Waals surface area (Å²) in [5.41, 5.74) is 4.07. The molecule has 0 unspecified atom stereocenters. The number of amides is 1. The first-order valence-electron chi connectivity index (χ1n) is 7.26. The number of hydrogen-bond acceptors (Lipinski definition) is 2. The van der Waals surface area contributed by atoms with Gasteiger partial charge in [-0.2, -0.15) is 0 Å². The molecule has 4 heteroatoms. The molecule has 1 N–H and O–H groups in total. The second-order valence-electron chi connectivity index (χ2n) is 5.45. The van der Waals surface area contributed by atoms with Gasteiger partial charge in [-0.15, -0.1) is 11.3 Å². The summed E-state index contributed by atoms with van der Waals surface area (Å²) in [6.45, 7) is 3.71. The van der Waals surface area contributed by atoms with Crippen LogP contribution in [0, 0.1) is 19.7 Å². The SMILES string of the molecule is Cc1ccc(-c2ccsc2C(=O)Nc2ccc(C)c(F)c2)cc1. The van der Waals surface area contributed by atoms with Crippen LogP contribution < -0.4 is 5.32 Å². The Morgan fingerprint density at radius 3 is 2.48 bits per heavy atom. The van der Waals surface area contributed by atoms with Crippen LogP contribution in [-0.4, -0.2) is 5.91 Å². The van der Waals surface area contributed by atoms with Gasteiger partial charge in [0.05, 0.1) is 4.88 Å². The maximum atomic E-state index is 13.6. The zero-order valence-electron chi connectivity index (χ0n) is 12.9. The highest BCUT2D eigenvalue weighted by Gasteiger charge is 2.15. The van der Waals surface area contributed by atoms with E-state index in [1.165, 1.54) is 23.0 Å². The molecule has 23 heavy (non-hydrogen) atoms. The molecular weight excluding hydrogens is 309 g/mol. The van der Waals surface area contributed by atoms with Crippen molar-refractivity contribution in [2.24, 2.45) is 0 Å². The minimum absolute atomic E-state index is 0.223. The van der Waals surface area contributed by atoms with E-state index in [1.807, 2.05) is 42.6 Å². The van der Waals surface area contributed by atoms with Crippen LogP contribution in [0.4, 0.5) is 10.1 Å². The monoisotopic (exact) mass is 325 g/mol. The van der Waals surface area contributed by atoms with E-state index in [4.69, 9.17) is 0 Å². The fraction of sp³-hybridized carbons (Fsp3) is 0.105. The van der Waals surface area contributed by atoms with Gasteiger partial charge in [0.1, 0.15) is 5.82 Å². The lowest BCUT2D eigenvalue weighted by Crippen LogP contribution is -2.11. The number of aryl methyl sites for hydroxylation is 2. The van der Waals surface area contributed by atoms with Gasteiger partial charge in [0.15, 0.2) is 0 Å². The average Bonchev–Trinajstić information content (AvgIpc) is 3.01. The largest absolute Gasteiger partial charge is 0.321 e. The predicted octanol–water partition coefficient (Wildman–Crippen LogP) is 5.42. The molecule has 1 heterocycles. The molecule has 0 aliphatic rings. The molecule has 0 spiro atoms. The molecule has 3 rings (SSSR count). The highest BCUT2D eigenvalue weighted by Crippen LogP contribution is 2.29. The molecule has 0 aliphatic heterocycles. The summed E-state index contributed by atoms with van der Waals surface area (Å²) in [4.78, 5) is 13.1. The fourth-order valence-corrected chi connectivity index (χ4v) is 3.12. The molecular formula is C19H16FNOS. The Bertz CT molecular complexity index is 852. The Morgan fingerprint density at radius 1 is 1.04 bits per heavy atom. The van der Waals surface area contributed by atoms with Gasteiger partial charge in [-0.1, -0.05) is 35.9 Å². The molecule has 0 aliphatic carbocycles. The number of thiophene rings is 1. The summed E-state index contributed by atoms with van der Waals surface area (Å²) in [6.07, 6.45) is 0. The molecule has 1 amide bonds. The van der Waals surface area contributed by atoms with Gasteiger partial charge in [0, 0.05) is 11.3 Å². The number of nitrogens with one attached hydrogen (secondary N) is 1. The number of rotatable bonds is 3. The van der Waals surface area contributed by atoms with Crippen LogP contribution in [0.25, 0.3) is 11.1 Å². The highest BCUT2D eigenvalue weighted by atomic mass is 32.1. The van der Waals surface area contributed by atoms with Crippen molar-refractivity contribution in [1.82, 2.24) is 0 Å². The molecule has 116 valence electrons. The third kappa shape index (κ3) is 3.32. The van der Waals surface area contributed by atoms with E-state index in [-0.39, 0.29) is 11.7 Å². The normalized spacial score (nSPS) is 10.6. The standard InChI is InChI=1S/C19H16FNOS/c1-12-3-6-14(7-4-12)16-9-10-23-18(16)19(22)21-15-8-5-13(2)17(20)11-15/h3-11H,1-2H3,(H,21,22). The van der Waals surface area contributed by atoms with Gasteiger partial charge in [-0.25, -0.2) is 4.39 Å². The van der Waals surface area contributed by atoms with Crippen LogP contribution in [0.2, 0.25) is 0 Å². The summed E-state index contributed by atoms with van der Waals surface area (Å²) in [6, 6.07) is 14.7. The fourth-order valence-electron chi connectivity index (χ4n) is 2.30. The van der Waals surface area contributed by atoms with Crippen molar-refractivity contribution >= 4 is 22.9 Å². The van der Waals surface area contributed by atoms with E-state index in [1.54, 1.807) is 19.1 Å². The Labute approximate surface area is 138 Å². The molecule has 0 fully saturated rings. The number of halogens is 1. The van der Waals surface area contributed by atoms with Gasteiger partial charge in [0.25, 0.3) is 5.91 Å². The van der Waals surface area contributed by atoms with E-state index in [2.05, 4.69) is 5.32 Å².